The number of aromatic nitrogens is 2. The van der Waals surface area contributed by atoms with Gasteiger partial charge in [0.1, 0.15) is 18.2 Å². The number of hydrogen-bond acceptors (Lipinski definition) is 5. The number of ether oxygens (including phenoxy) is 1. The van der Waals surface area contributed by atoms with Gasteiger partial charge in [0.05, 0.1) is 24.7 Å². The van der Waals surface area contributed by atoms with Crippen molar-refractivity contribution in [2.75, 3.05) is 11.9 Å². The van der Waals surface area contributed by atoms with Crippen molar-refractivity contribution in [2.45, 2.75) is 20.1 Å². The predicted molar refractivity (Wildman–Crippen MR) is 72.9 cm³/mol. The van der Waals surface area contributed by atoms with Gasteiger partial charge in [0.15, 0.2) is 0 Å². The summed E-state index contributed by atoms with van der Waals surface area (Å²) in [5, 5.41) is 12.0. The Morgan fingerprint density at radius 3 is 2.53 bits per heavy atom. The van der Waals surface area contributed by atoms with Gasteiger partial charge in [-0.05, 0) is 24.6 Å². The van der Waals surface area contributed by atoms with E-state index < -0.39 is 0 Å². The predicted octanol–water partition coefficient (Wildman–Crippen LogP) is 1.98. The fourth-order valence-electron chi connectivity index (χ4n) is 1.55. The molecule has 0 bridgehead atoms. The molecule has 0 aliphatic rings. The van der Waals surface area contributed by atoms with Gasteiger partial charge in [0.25, 0.3) is 0 Å². The quantitative estimate of drug-likeness (QED) is 0.830. The molecule has 5 nitrogen and oxygen atoms in total. The maximum atomic E-state index is 8.94. The summed E-state index contributed by atoms with van der Waals surface area (Å²) in [6.07, 6.45) is 3.39. The summed E-state index contributed by atoms with van der Waals surface area (Å²) in [7, 11) is 0. The summed E-state index contributed by atoms with van der Waals surface area (Å²) in [6.45, 7) is 3.24. The molecule has 5 heteroatoms. The van der Waals surface area contributed by atoms with Crippen LogP contribution in [0.15, 0.2) is 36.7 Å². The van der Waals surface area contributed by atoms with E-state index in [9.17, 15) is 0 Å². The van der Waals surface area contributed by atoms with E-state index in [0.29, 0.717) is 6.61 Å². The van der Waals surface area contributed by atoms with E-state index in [1.807, 2.05) is 31.2 Å². The second-order valence-electron chi connectivity index (χ2n) is 4.01. The molecule has 1 aromatic carbocycles. The number of hydrogen-bond donors (Lipinski definition) is 2. The van der Waals surface area contributed by atoms with Crippen LogP contribution in [0.1, 0.15) is 18.2 Å². The number of nitrogens with zero attached hydrogens (tertiary/aromatic N) is 2. The zero-order chi connectivity index (χ0) is 13.5. The van der Waals surface area contributed by atoms with Crippen molar-refractivity contribution in [1.82, 2.24) is 9.97 Å². The molecule has 1 aromatic heterocycles. The van der Waals surface area contributed by atoms with Crippen LogP contribution >= 0.6 is 0 Å². The average molecular weight is 259 g/mol. The fraction of sp³-hybridized carbons (Fsp3) is 0.286. The lowest BCUT2D eigenvalue weighted by Crippen LogP contribution is -2.03. The third kappa shape index (κ3) is 3.93. The van der Waals surface area contributed by atoms with E-state index in [1.165, 1.54) is 0 Å². The first-order valence-electron chi connectivity index (χ1n) is 6.19. The number of aliphatic hydroxyl groups excluding tert-OH is 1. The topological polar surface area (TPSA) is 67.3 Å². The number of anilines is 1. The molecule has 2 N–H and O–H groups in total. The van der Waals surface area contributed by atoms with Gasteiger partial charge in [-0.15, -0.1) is 0 Å². The Kier molecular flexibility index (Phi) is 4.69. The largest absolute Gasteiger partial charge is 0.487 e. The molecule has 0 saturated carbocycles. The summed E-state index contributed by atoms with van der Waals surface area (Å²) in [6, 6.07) is 7.31. The molecular formula is C14H17N3O2. The molecule has 100 valence electrons. The Morgan fingerprint density at radius 1 is 1.16 bits per heavy atom. The van der Waals surface area contributed by atoms with Crippen LogP contribution < -0.4 is 10.1 Å². The molecule has 19 heavy (non-hydrogen) atoms. The van der Waals surface area contributed by atoms with Gasteiger partial charge in [0, 0.05) is 6.54 Å². The van der Waals surface area contributed by atoms with E-state index in [4.69, 9.17) is 9.84 Å². The Bertz CT molecular complexity index is 497. The highest BCUT2D eigenvalue weighted by molar-refractivity contribution is 5.30. The van der Waals surface area contributed by atoms with E-state index in [-0.39, 0.29) is 6.61 Å². The highest BCUT2D eigenvalue weighted by Gasteiger charge is 1.99. The summed E-state index contributed by atoms with van der Waals surface area (Å²) >= 11 is 0. The minimum atomic E-state index is 0.0393. The molecule has 0 spiro atoms. The van der Waals surface area contributed by atoms with Crippen molar-refractivity contribution < 1.29 is 9.84 Å². The van der Waals surface area contributed by atoms with Crippen molar-refractivity contribution in [3.05, 3.63) is 47.9 Å². The first-order valence-corrected chi connectivity index (χ1v) is 6.19. The number of rotatable bonds is 6. The summed E-state index contributed by atoms with van der Waals surface area (Å²) in [5.41, 5.74) is 1.63. The summed E-state index contributed by atoms with van der Waals surface area (Å²) in [5.74, 6) is 1.51. The molecule has 0 aliphatic carbocycles. The van der Waals surface area contributed by atoms with E-state index in [0.717, 1.165) is 29.4 Å². The third-order valence-corrected chi connectivity index (χ3v) is 2.56. The normalized spacial score (nSPS) is 10.2. The van der Waals surface area contributed by atoms with Gasteiger partial charge in [-0.25, -0.2) is 4.98 Å². The van der Waals surface area contributed by atoms with Crippen molar-refractivity contribution in [1.29, 1.82) is 0 Å². The summed E-state index contributed by atoms with van der Waals surface area (Å²) < 4.78 is 5.59. The van der Waals surface area contributed by atoms with E-state index in [1.54, 1.807) is 12.4 Å². The second-order valence-corrected chi connectivity index (χ2v) is 4.01. The molecule has 1 heterocycles. The Morgan fingerprint density at radius 2 is 1.95 bits per heavy atom. The van der Waals surface area contributed by atoms with Crippen LogP contribution in [-0.4, -0.2) is 21.6 Å². The second kappa shape index (κ2) is 6.70. The van der Waals surface area contributed by atoms with Crippen LogP contribution in [0.3, 0.4) is 0 Å². The number of aliphatic hydroxyl groups is 1. The molecule has 0 unspecified atom stereocenters. The number of nitrogens with one attached hydrogen (secondary N) is 1. The van der Waals surface area contributed by atoms with Crippen LogP contribution in [0.4, 0.5) is 5.82 Å². The van der Waals surface area contributed by atoms with Crippen molar-refractivity contribution in [3.8, 4) is 5.75 Å². The molecule has 0 atom stereocenters. The zero-order valence-electron chi connectivity index (χ0n) is 10.8. The molecular weight excluding hydrogens is 242 g/mol. The van der Waals surface area contributed by atoms with Gasteiger partial charge in [-0.2, -0.15) is 0 Å². The minimum Gasteiger partial charge on any atom is -0.487 e. The van der Waals surface area contributed by atoms with Crippen molar-refractivity contribution in [3.63, 3.8) is 0 Å². The molecule has 0 radical (unpaired) electrons. The lowest BCUT2D eigenvalue weighted by Gasteiger charge is -2.07. The molecule has 0 amide bonds. The van der Waals surface area contributed by atoms with Gasteiger partial charge in [-0.3, -0.25) is 4.98 Å². The Labute approximate surface area is 112 Å². The third-order valence-electron chi connectivity index (χ3n) is 2.56. The maximum Gasteiger partial charge on any atom is 0.144 e. The van der Waals surface area contributed by atoms with Gasteiger partial charge in [-0.1, -0.05) is 12.1 Å². The molecule has 0 fully saturated rings. The standard InChI is InChI=1S/C14H17N3O2/c1-2-15-14-8-16-12(7-17-14)10-19-13-5-3-11(9-18)4-6-13/h3-8,18H,2,9-10H2,1H3,(H,15,17). The van der Waals surface area contributed by atoms with Gasteiger partial charge < -0.3 is 15.2 Å². The average Bonchev–Trinajstić information content (AvgIpc) is 2.47. The van der Waals surface area contributed by atoms with Crippen molar-refractivity contribution >= 4 is 5.82 Å². The summed E-state index contributed by atoms with van der Waals surface area (Å²) in [4.78, 5) is 8.48. The monoisotopic (exact) mass is 259 g/mol. The molecule has 0 aliphatic heterocycles. The highest BCUT2D eigenvalue weighted by atomic mass is 16.5. The van der Waals surface area contributed by atoms with Crippen LogP contribution in [0.25, 0.3) is 0 Å². The first-order chi connectivity index (χ1) is 9.31. The zero-order valence-corrected chi connectivity index (χ0v) is 10.8. The molecule has 2 rings (SSSR count). The SMILES string of the molecule is CCNc1cnc(COc2ccc(CO)cc2)cn1. The van der Waals surface area contributed by atoms with Gasteiger partial charge >= 0.3 is 0 Å². The lowest BCUT2D eigenvalue weighted by atomic mass is 10.2. The Hall–Kier alpha value is -2.14. The van der Waals surface area contributed by atoms with Crippen LogP contribution in [0.2, 0.25) is 0 Å². The Balaban J connectivity index is 1.90. The smallest absolute Gasteiger partial charge is 0.144 e. The van der Waals surface area contributed by atoms with Crippen LogP contribution in [0.5, 0.6) is 5.75 Å². The minimum absolute atomic E-state index is 0.0393. The van der Waals surface area contributed by atoms with Crippen molar-refractivity contribution in [2.24, 2.45) is 0 Å². The first kappa shape index (κ1) is 13.3. The van der Waals surface area contributed by atoms with E-state index >= 15 is 0 Å². The van der Waals surface area contributed by atoms with Crippen LogP contribution in [0, 0.1) is 0 Å². The molecule has 2 aromatic rings. The van der Waals surface area contributed by atoms with Crippen LogP contribution in [-0.2, 0) is 13.2 Å². The fourth-order valence-corrected chi connectivity index (χ4v) is 1.55. The molecule has 0 saturated heterocycles. The lowest BCUT2D eigenvalue weighted by molar-refractivity contribution is 0.280. The number of benzene rings is 1. The highest BCUT2D eigenvalue weighted by Crippen LogP contribution is 2.13. The maximum absolute atomic E-state index is 8.94. The van der Waals surface area contributed by atoms with Gasteiger partial charge in [0.2, 0.25) is 0 Å². The van der Waals surface area contributed by atoms with E-state index in [2.05, 4.69) is 15.3 Å².